The summed E-state index contributed by atoms with van der Waals surface area (Å²) in [6, 6.07) is 0. The van der Waals surface area contributed by atoms with Crippen LogP contribution in [0.1, 0.15) is 71.1 Å². The molecule has 1 aliphatic rings. The van der Waals surface area contributed by atoms with Crippen molar-refractivity contribution >= 4 is 5.97 Å². The Hall–Kier alpha value is -0.570. The Kier molecular flexibility index (Phi) is 10.5. The highest BCUT2D eigenvalue weighted by atomic mass is 16.4. The van der Waals surface area contributed by atoms with Crippen LogP contribution in [-0.4, -0.2) is 22.3 Å². The first-order chi connectivity index (χ1) is 7.66. The van der Waals surface area contributed by atoms with Crippen LogP contribution in [0.25, 0.3) is 0 Å². The highest BCUT2D eigenvalue weighted by Crippen LogP contribution is 2.16. The molecule has 0 unspecified atom stereocenters. The van der Waals surface area contributed by atoms with Gasteiger partial charge in [-0.3, -0.25) is 4.79 Å². The molecule has 1 aliphatic carbocycles. The van der Waals surface area contributed by atoms with E-state index in [2.05, 4.69) is 6.92 Å². The number of hydrogen-bond donors (Lipinski definition) is 2. The Balaban J connectivity index is 0.000000462. The standard InChI is InChI=1S/C10H20O2.C3H6O/c1-2-3-4-5-6-7-8-9-10(11)12;4-3-1-2-3/h2-9H2,1H3,(H,11,12);3-4H,1-2H2. The van der Waals surface area contributed by atoms with Gasteiger partial charge in [-0.15, -0.1) is 0 Å². The van der Waals surface area contributed by atoms with E-state index in [0.29, 0.717) is 6.42 Å². The van der Waals surface area contributed by atoms with Crippen molar-refractivity contribution in [3.63, 3.8) is 0 Å². The number of carboxylic acid groups (broad SMARTS) is 1. The fourth-order valence-corrected chi connectivity index (χ4v) is 1.31. The molecule has 0 aromatic heterocycles. The predicted molar refractivity (Wildman–Crippen MR) is 65.5 cm³/mol. The van der Waals surface area contributed by atoms with E-state index >= 15 is 0 Å². The van der Waals surface area contributed by atoms with Crippen molar-refractivity contribution in [2.45, 2.75) is 77.2 Å². The van der Waals surface area contributed by atoms with Crippen molar-refractivity contribution in [2.24, 2.45) is 0 Å². The van der Waals surface area contributed by atoms with Crippen LogP contribution in [0.2, 0.25) is 0 Å². The molecule has 0 aromatic carbocycles. The summed E-state index contributed by atoms with van der Waals surface area (Å²) in [6.07, 6.45) is 10.8. The molecule has 0 aliphatic heterocycles. The van der Waals surface area contributed by atoms with Crippen molar-refractivity contribution < 1.29 is 15.0 Å². The number of aliphatic carboxylic acids is 1. The average molecular weight is 230 g/mol. The van der Waals surface area contributed by atoms with E-state index in [9.17, 15) is 4.79 Å². The normalized spacial score (nSPS) is 14.1. The molecule has 0 spiro atoms. The molecule has 0 atom stereocenters. The van der Waals surface area contributed by atoms with Crippen LogP contribution in [-0.2, 0) is 4.79 Å². The third kappa shape index (κ3) is 15.9. The molecule has 3 nitrogen and oxygen atoms in total. The van der Waals surface area contributed by atoms with Gasteiger partial charge in [0.1, 0.15) is 0 Å². The van der Waals surface area contributed by atoms with Crippen molar-refractivity contribution in [1.82, 2.24) is 0 Å². The third-order valence-electron chi connectivity index (χ3n) is 2.54. The minimum absolute atomic E-state index is 0.0833. The molecule has 1 rings (SSSR count). The van der Waals surface area contributed by atoms with Gasteiger partial charge in [-0.1, -0.05) is 45.4 Å². The van der Waals surface area contributed by atoms with Crippen LogP contribution in [0.3, 0.4) is 0 Å². The van der Waals surface area contributed by atoms with Gasteiger partial charge in [-0.05, 0) is 19.3 Å². The molecular formula is C13H26O3. The van der Waals surface area contributed by atoms with E-state index in [1.807, 2.05) is 0 Å². The molecule has 96 valence electrons. The van der Waals surface area contributed by atoms with Crippen molar-refractivity contribution in [1.29, 1.82) is 0 Å². The second-order valence-electron chi connectivity index (χ2n) is 4.50. The minimum Gasteiger partial charge on any atom is -0.481 e. The highest BCUT2D eigenvalue weighted by molar-refractivity contribution is 5.66. The quantitative estimate of drug-likeness (QED) is 0.629. The molecule has 1 fully saturated rings. The number of aliphatic hydroxyl groups is 1. The van der Waals surface area contributed by atoms with E-state index in [1.165, 1.54) is 32.1 Å². The van der Waals surface area contributed by atoms with Gasteiger partial charge in [-0.25, -0.2) is 0 Å². The van der Waals surface area contributed by atoms with Gasteiger partial charge in [0.2, 0.25) is 0 Å². The molecule has 0 aromatic rings. The molecule has 3 heteroatoms. The smallest absolute Gasteiger partial charge is 0.303 e. The first-order valence-corrected chi connectivity index (χ1v) is 6.56. The van der Waals surface area contributed by atoms with E-state index in [-0.39, 0.29) is 6.10 Å². The van der Waals surface area contributed by atoms with Crippen LogP contribution < -0.4 is 0 Å². The van der Waals surface area contributed by atoms with Crippen LogP contribution in [0.4, 0.5) is 0 Å². The third-order valence-corrected chi connectivity index (χ3v) is 2.54. The summed E-state index contributed by atoms with van der Waals surface area (Å²) in [5.74, 6) is -0.663. The van der Waals surface area contributed by atoms with Crippen LogP contribution in [0, 0.1) is 0 Å². The number of carbonyl (C=O) groups is 1. The molecule has 0 saturated heterocycles. The number of aliphatic hydroxyl groups excluding tert-OH is 1. The van der Waals surface area contributed by atoms with E-state index in [0.717, 1.165) is 25.7 Å². The molecule has 1 saturated carbocycles. The van der Waals surface area contributed by atoms with E-state index in [1.54, 1.807) is 0 Å². The highest BCUT2D eigenvalue weighted by Gasteiger charge is 2.15. The predicted octanol–water partition coefficient (Wildman–Crippen LogP) is 3.35. The summed E-state index contributed by atoms with van der Waals surface area (Å²) in [4.78, 5) is 10.1. The molecule has 0 amide bonds. The maximum atomic E-state index is 10.1. The summed E-state index contributed by atoms with van der Waals surface area (Å²) in [6.45, 7) is 2.20. The van der Waals surface area contributed by atoms with Gasteiger partial charge in [0, 0.05) is 6.42 Å². The van der Waals surface area contributed by atoms with E-state index < -0.39 is 5.97 Å². The zero-order valence-electron chi connectivity index (χ0n) is 10.5. The Bertz CT molecular complexity index is 165. The van der Waals surface area contributed by atoms with Crippen LogP contribution >= 0.6 is 0 Å². The summed E-state index contributed by atoms with van der Waals surface area (Å²) in [5.41, 5.74) is 0. The van der Waals surface area contributed by atoms with E-state index in [4.69, 9.17) is 10.2 Å². The van der Waals surface area contributed by atoms with Crippen LogP contribution in [0.5, 0.6) is 0 Å². The zero-order chi connectivity index (χ0) is 12.2. The lowest BCUT2D eigenvalue weighted by atomic mass is 10.1. The topological polar surface area (TPSA) is 57.5 Å². The Morgan fingerprint density at radius 2 is 1.50 bits per heavy atom. The molecule has 16 heavy (non-hydrogen) atoms. The zero-order valence-corrected chi connectivity index (χ0v) is 10.5. The second-order valence-corrected chi connectivity index (χ2v) is 4.50. The molecule has 2 N–H and O–H groups in total. The summed E-state index contributed by atoms with van der Waals surface area (Å²) in [5, 5.41) is 16.5. The van der Waals surface area contributed by atoms with Gasteiger partial charge in [-0.2, -0.15) is 0 Å². The molecule has 0 bridgehead atoms. The maximum Gasteiger partial charge on any atom is 0.303 e. The number of unbranched alkanes of at least 4 members (excludes halogenated alkanes) is 6. The van der Waals surface area contributed by atoms with Gasteiger partial charge in [0.05, 0.1) is 6.10 Å². The van der Waals surface area contributed by atoms with Gasteiger partial charge >= 0.3 is 5.97 Å². The molecule has 0 heterocycles. The number of rotatable bonds is 8. The van der Waals surface area contributed by atoms with Gasteiger partial charge in [0.25, 0.3) is 0 Å². The number of hydrogen-bond acceptors (Lipinski definition) is 2. The summed E-state index contributed by atoms with van der Waals surface area (Å²) >= 11 is 0. The van der Waals surface area contributed by atoms with Gasteiger partial charge in [0.15, 0.2) is 0 Å². The van der Waals surface area contributed by atoms with Gasteiger partial charge < -0.3 is 10.2 Å². The fourth-order valence-electron chi connectivity index (χ4n) is 1.31. The minimum atomic E-state index is -0.663. The lowest BCUT2D eigenvalue weighted by molar-refractivity contribution is -0.137. The maximum absolute atomic E-state index is 10.1. The Morgan fingerprint density at radius 3 is 1.88 bits per heavy atom. The first-order valence-electron chi connectivity index (χ1n) is 6.56. The van der Waals surface area contributed by atoms with Crippen molar-refractivity contribution in [3.05, 3.63) is 0 Å². The first kappa shape index (κ1) is 15.4. The summed E-state index contributed by atoms with van der Waals surface area (Å²) < 4.78 is 0. The van der Waals surface area contributed by atoms with Crippen molar-refractivity contribution in [3.8, 4) is 0 Å². The fraction of sp³-hybridized carbons (Fsp3) is 0.923. The lowest BCUT2D eigenvalue weighted by Crippen LogP contribution is -1.93. The largest absolute Gasteiger partial charge is 0.481 e. The lowest BCUT2D eigenvalue weighted by Gasteiger charge is -1.98. The molecular weight excluding hydrogens is 204 g/mol. The van der Waals surface area contributed by atoms with Crippen molar-refractivity contribution in [2.75, 3.05) is 0 Å². The monoisotopic (exact) mass is 230 g/mol. The second kappa shape index (κ2) is 10.9. The summed E-state index contributed by atoms with van der Waals surface area (Å²) in [7, 11) is 0. The van der Waals surface area contributed by atoms with Crippen LogP contribution in [0.15, 0.2) is 0 Å². The SMILES string of the molecule is CCCCCCCCCC(=O)O.OC1CC1. The Labute approximate surface area is 98.9 Å². The molecule has 0 radical (unpaired) electrons. The Morgan fingerprint density at radius 1 is 1.06 bits per heavy atom. The average Bonchev–Trinajstić information content (AvgIpc) is 3.00. The number of carboxylic acids is 1.